The Labute approximate surface area is 145 Å². The first-order valence-electron chi connectivity index (χ1n) is 7.45. The fourth-order valence-corrected chi connectivity index (χ4v) is 3.15. The monoisotopic (exact) mass is 365 g/mol. The second-order valence-electron chi connectivity index (χ2n) is 5.86. The summed E-state index contributed by atoms with van der Waals surface area (Å²) >= 11 is 0. The summed E-state index contributed by atoms with van der Waals surface area (Å²) in [6.45, 7) is 1.21. The van der Waals surface area contributed by atoms with E-state index < -0.39 is 20.5 Å². The predicted octanol–water partition coefficient (Wildman–Crippen LogP) is 0.609. The first-order chi connectivity index (χ1) is 11.7. The second-order valence-corrected chi connectivity index (χ2v) is 8.30. The molecule has 0 aromatic carbocycles. The summed E-state index contributed by atoms with van der Waals surface area (Å²) < 4.78 is 23.3. The molecular weight excluding hydrogens is 346 g/mol. The summed E-state index contributed by atoms with van der Waals surface area (Å²) in [5, 5.41) is 8.81. The lowest BCUT2D eigenvalue weighted by Gasteiger charge is -2.25. The van der Waals surface area contributed by atoms with Crippen molar-refractivity contribution in [2.75, 3.05) is 6.26 Å². The van der Waals surface area contributed by atoms with E-state index in [4.69, 9.17) is 5.21 Å². The van der Waals surface area contributed by atoms with E-state index in [9.17, 15) is 18.0 Å². The summed E-state index contributed by atoms with van der Waals surface area (Å²) in [6, 6.07) is 8.42. The molecule has 134 valence electrons. The minimum Gasteiger partial charge on any atom is -0.315 e. The summed E-state index contributed by atoms with van der Waals surface area (Å²) in [5.41, 5.74) is 2.32. The minimum atomic E-state index is -3.81. The number of aromatic nitrogens is 2. The van der Waals surface area contributed by atoms with Crippen LogP contribution in [-0.2, 0) is 21.2 Å². The van der Waals surface area contributed by atoms with Crippen LogP contribution in [0.5, 0.6) is 0 Å². The number of carbonyl (C=O) groups excluding carboxylic acids is 1. The molecule has 0 radical (unpaired) electrons. The highest BCUT2D eigenvalue weighted by Crippen LogP contribution is 2.22. The Hall–Kier alpha value is -2.52. The molecule has 1 amide bonds. The van der Waals surface area contributed by atoms with E-state index in [2.05, 4.69) is 4.98 Å². The highest BCUT2D eigenvalue weighted by molar-refractivity contribution is 7.92. The van der Waals surface area contributed by atoms with E-state index in [-0.39, 0.29) is 18.5 Å². The van der Waals surface area contributed by atoms with E-state index in [1.165, 1.54) is 29.2 Å². The van der Waals surface area contributed by atoms with Gasteiger partial charge in [0.05, 0.1) is 5.69 Å². The highest BCUT2D eigenvalue weighted by Gasteiger charge is 2.43. The van der Waals surface area contributed by atoms with Gasteiger partial charge >= 0.3 is 0 Å². The smallest absolute Gasteiger partial charge is 0.264 e. The van der Waals surface area contributed by atoms with Gasteiger partial charge in [-0.25, -0.2) is 13.9 Å². The predicted molar refractivity (Wildman–Crippen MR) is 91.7 cm³/mol. The van der Waals surface area contributed by atoms with E-state index >= 15 is 0 Å². The molecule has 0 unspecified atom stereocenters. The summed E-state index contributed by atoms with van der Waals surface area (Å²) in [6.07, 6.45) is 3.88. The van der Waals surface area contributed by atoms with Crippen molar-refractivity contribution in [1.29, 1.82) is 0 Å². The quantitative estimate of drug-likeness (QED) is 0.572. The van der Waals surface area contributed by atoms with E-state index in [1.807, 2.05) is 0 Å². The Balaban J connectivity index is 2.26. The Morgan fingerprint density at radius 1 is 1.36 bits per heavy atom. The molecule has 0 aliphatic rings. The third kappa shape index (κ3) is 3.94. The number of aryl methyl sites for hydroxylation is 1. The van der Waals surface area contributed by atoms with Crippen molar-refractivity contribution >= 4 is 15.7 Å². The average Bonchev–Trinajstić information content (AvgIpc) is 2.59. The zero-order valence-corrected chi connectivity index (χ0v) is 14.7. The van der Waals surface area contributed by atoms with Gasteiger partial charge in [-0.2, -0.15) is 0 Å². The maximum atomic E-state index is 12.3. The lowest BCUT2D eigenvalue weighted by Crippen LogP contribution is -2.49. The maximum absolute atomic E-state index is 12.3. The Morgan fingerprint density at radius 2 is 2.08 bits per heavy atom. The van der Waals surface area contributed by atoms with Gasteiger partial charge in [-0.3, -0.25) is 19.8 Å². The Morgan fingerprint density at radius 3 is 2.60 bits per heavy atom. The third-order valence-electron chi connectivity index (χ3n) is 4.19. The first kappa shape index (κ1) is 18.8. The summed E-state index contributed by atoms with van der Waals surface area (Å²) in [7, 11) is -3.81. The lowest BCUT2D eigenvalue weighted by atomic mass is 10.1. The highest BCUT2D eigenvalue weighted by atomic mass is 32.2. The van der Waals surface area contributed by atoms with Crippen LogP contribution in [0.4, 0.5) is 0 Å². The van der Waals surface area contributed by atoms with Gasteiger partial charge in [-0.05, 0) is 31.5 Å². The molecule has 0 aliphatic heterocycles. The molecule has 0 aliphatic carbocycles. The van der Waals surface area contributed by atoms with Crippen molar-refractivity contribution in [3.8, 4) is 11.3 Å². The van der Waals surface area contributed by atoms with Crippen LogP contribution in [0.2, 0.25) is 0 Å². The fraction of sp³-hybridized carbons (Fsp3) is 0.312. The minimum absolute atomic E-state index is 0.00167. The van der Waals surface area contributed by atoms with Gasteiger partial charge in [0.2, 0.25) is 0 Å². The van der Waals surface area contributed by atoms with Crippen LogP contribution in [0.15, 0.2) is 47.5 Å². The van der Waals surface area contributed by atoms with Crippen LogP contribution in [-0.4, -0.2) is 40.1 Å². The molecule has 8 nitrogen and oxygen atoms in total. The molecule has 0 bridgehead atoms. The van der Waals surface area contributed by atoms with E-state index in [1.54, 1.807) is 30.5 Å². The van der Waals surface area contributed by atoms with Crippen molar-refractivity contribution in [1.82, 2.24) is 15.0 Å². The number of rotatable bonds is 6. The Bertz CT molecular complexity index is 924. The normalized spacial score (nSPS) is 13.9. The number of nitrogens with zero attached hydrogens (tertiary/aromatic N) is 2. The van der Waals surface area contributed by atoms with E-state index in [0.29, 0.717) is 11.3 Å². The summed E-state index contributed by atoms with van der Waals surface area (Å²) in [5.74, 6) is -1.03. The van der Waals surface area contributed by atoms with Crippen molar-refractivity contribution in [3.05, 3.63) is 53.1 Å². The number of carbonyl (C=O) groups is 1. The second kappa shape index (κ2) is 7.16. The zero-order chi connectivity index (χ0) is 18.7. The zero-order valence-electron chi connectivity index (χ0n) is 13.8. The third-order valence-corrected chi connectivity index (χ3v) is 6.21. The molecule has 2 rings (SSSR count). The molecule has 0 fully saturated rings. The molecule has 2 N–H and O–H groups in total. The number of nitrogens with one attached hydrogen (secondary N) is 1. The maximum Gasteiger partial charge on any atom is 0.264 e. The van der Waals surface area contributed by atoms with Gasteiger partial charge in [0.1, 0.15) is 0 Å². The van der Waals surface area contributed by atoms with Gasteiger partial charge in [-0.1, -0.05) is 6.07 Å². The van der Waals surface area contributed by atoms with Crippen LogP contribution in [0, 0.1) is 0 Å². The first-order valence-corrected chi connectivity index (χ1v) is 9.34. The number of hydrogen-bond donors (Lipinski definition) is 2. The molecule has 2 aromatic heterocycles. The van der Waals surface area contributed by atoms with Crippen molar-refractivity contribution in [2.45, 2.75) is 24.6 Å². The lowest BCUT2D eigenvalue weighted by molar-refractivity contribution is -0.131. The number of pyridine rings is 2. The number of hydroxylamine groups is 1. The molecule has 2 aromatic rings. The summed E-state index contributed by atoms with van der Waals surface area (Å²) in [4.78, 5) is 28.2. The number of sulfone groups is 1. The van der Waals surface area contributed by atoms with Gasteiger partial charge in [-0.15, -0.1) is 0 Å². The SMILES string of the molecule is C[C@@](CCn1ccc(-c2ccccn2)cc1=O)(C(=O)NO)S(C)(=O)=O. The van der Waals surface area contributed by atoms with Crippen LogP contribution in [0.3, 0.4) is 0 Å². The van der Waals surface area contributed by atoms with Crippen LogP contribution in [0.25, 0.3) is 11.3 Å². The van der Waals surface area contributed by atoms with Crippen molar-refractivity contribution in [3.63, 3.8) is 0 Å². The fourth-order valence-electron chi connectivity index (χ4n) is 2.30. The molecule has 2 heterocycles. The van der Waals surface area contributed by atoms with Gasteiger partial charge in [0, 0.05) is 36.8 Å². The Kier molecular flexibility index (Phi) is 5.39. The standard InChI is InChI=1S/C16H19N3O5S/c1-16(15(21)18-22,25(2,23)24)7-10-19-9-6-12(11-14(19)20)13-5-3-4-8-17-13/h3-6,8-9,11,22H,7,10H2,1-2H3,(H,18,21)/t16-/m1/s1. The van der Waals surface area contributed by atoms with Crippen LogP contribution < -0.4 is 11.0 Å². The molecule has 0 saturated carbocycles. The molecule has 0 saturated heterocycles. The number of amides is 1. The van der Waals surface area contributed by atoms with E-state index in [0.717, 1.165) is 6.26 Å². The topological polar surface area (TPSA) is 118 Å². The molecule has 1 atom stereocenters. The largest absolute Gasteiger partial charge is 0.315 e. The van der Waals surface area contributed by atoms with Crippen molar-refractivity contribution < 1.29 is 18.4 Å². The van der Waals surface area contributed by atoms with Crippen LogP contribution in [0.1, 0.15) is 13.3 Å². The van der Waals surface area contributed by atoms with Gasteiger partial charge < -0.3 is 4.57 Å². The van der Waals surface area contributed by atoms with Gasteiger partial charge in [0.15, 0.2) is 14.6 Å². The molecular formula is C16H19N3O5S. The van der Waals surface area contributed by atoms with Crippen molar-refractivity contribution in [2.24, 2.45) is 0 Å². The van der Waals surface area contributed by atoms with Crippen LogP contribution >= 0.6 is 0 Å². The average molecular weight is 365 g/mol. The molecule has 9 heteroatoms. The van der Waals surface area contributed by atoms with Gasteiger partial charge in [0.25, 0.3) is 11.5 Å². The molecule has 25 heavy (non-hydrogen) atoms. The molecule has 0 spiro atoms. The number of hydrogen-bond acceptors (Lipinski definition) is 6.